The number of fused-ring (bicyclic) bond motifs is 4. The molecular formula is C15H17N3OS. The van der Waals surface area contributed by atoms with E-state index in [4.69, 9.17) is 0 Å². The number of amides is 1. The minimum atomic E-state index is -0.0128. The predicted octanol–water partition coefficient (Wildman–Crippen LogP) is 2.12. The Morgan fingerprint density at radius 3 is 2.85 bits per heavy atom. The summed E-state index contributed by atoms with van der Waals surface area (Å²) < 4.78 is 5.41. The van der Waals surface area contributed by atoms with Gasteiger partial charge in [-0.1, -0.05) is 18.2 Å². The minimum absolute atomic E-state index is 0.0128. The standard InChI is InChI=1S/C15H17N3OS/c19-15(14-11-3-1-2-4-13(11)20-17-14)16-12-9-18-7-5-10(12)6-8-18/h1-4,10,12H,5-9H2,(H,16,19). The van der Waals surface area contributed by atoms with Crippen LogP contribution in [-0.2, 0) is 0 Å². The first-order chi connectivity index (χ1) is 9.81. The molecule has 104 valence electrons. The fourth-order valence-electron chi connectivity index (χ4n) is 3.41. The Kier molecular flexibility index (Phi) is 2.97. The summed E-state index contributed by atoms with van der Waals surface area (Å²) in [6.45, 7) is 3.38. The SMILES string of the molecule is O=C(NC1CN2CCC1CC2)c1nsc2ccccc12. The number of hydrogen-bond acceptors (Lipinski definition) is 4. The highest BCUT2D eigenvalue weighted by Crippen LogP contribution is 2.28. The Hall–Kier alpha value is -1.46. The van der Waals surface area contributed by atoms with E-state index >= 15 is 0 Å². The number of carbonyl (C=O) groups is 1. The van der Waals surface area contributed by atoms with Crippen molar-refractivity contribution in [2.45, 2.75) is 18.9 Å². The average molecular weight is 287 g/mol. The van der Waals surface area contributed by atoms with Crippen molar-refractivity contribution in [1.82, 2.24) is 14.6 Å². The Balaban J connectivity index is 1.56. The molecule has 0 aliphatic carbocycles. The van der Waals surface area contributed by atoms with Gasteiger partial charge in [-0.15, -0.1) is 0 Å². The van der Waals surface area contributed by atoms with Crippen LogP contribution in [0.15, 0.2) is 24.3 Å². The molecule has 1 N–H and O–H groups in total. The van der Waals surface area contributed by atoms with Crippen LogP contribution in [0.25, 0.3) is 10.1 Å². The monoisotopic (exact) mass is 287 g/mol. The van der Waals surface area contributed by atoms with Gasteiger partial charge in [-0.05, 0) is 49.4 Å². The highest BCUT2D eigenvalue weighted by atomic mass is 32.1. The number of nitrogens with one attached hydrogen (secondary N) is 1. The smallest absolute Gasteiger partial charge is 0.271 e. The molecule has 0 saturated carbocycles. The van der Waals surface area contributed by atoms with Crippen LogP contribution in [0.5, 0.6) is 0 Å². The second-order valence-corrected chi connectivity index (χ2v) is 6.55. The number of hydrogen-bond donors (Lipinski definition) is 1. The molecule has 5 heteroatoms. The quantitative estimate of drug-likeness (QED) is 0.920. The molecule has 3 aliphatic heterocycles. The zero-order chi connectivity index (χ0) is 13.5. The number of aromatic nitrogens is 1. The molecule has 0 spiro atoms. The van der Waals surface area contributed by atoms with Gasteiger partial charge in [0, 0.05) is 18.0 Å². The van der Waals surface area contributed by atoms with Crippen molar-refractivity contribution >= 4 is 27.5 Å². The van der Waals surface area contributed by atoms with Gasteiger partial charge >= 0.3 is 0 Å². The molecule has 4 heterocycles. The third-order valence-electron chi connectivity index (χ3n) is 4.57. The minimum Gasteiger partial charge on any atom is -0.346 e. The van der Waals surface area contributed by atoms with E-state index in [1.165, 1.54) is 37.5 Å². The normalized spacial score (nSPS) is 28.7. The van der Waals surface area contributed by atoms with Gasteiger partial charge in [-0.3, -0.25) is 4.79 Å². The molecule has 5 rings (SSSR count). The Bertz CT molecular complexity index is 645. The molecule has 3 fully saturated rings. The van der Waals surface area contributed by atoms with Crippen molar-refractivity contribution < 1.29 is 4.79 Å². The van der Waals surface area contributed by atoms with Crippen LogP contribution in [0.1, 0.15) is 23.3 Å². The average Bonchev–Trinajstić information content (AvgIpc) is 2.92. The van der Waals surface area contributed by atoms with Crippen LogP contribution in [0.3, 0.4) is 0 Å². The van der Waals surface area contributed by atoms with Gasteiger partial charge in [0.05, 0.1) is 4.70 Å². The van der Waals surface area contributed by atoms with Crippen molar-refractivity contribution in [1.29, 1.82) is 0 Å². The van der Waals surface area contributed by atoms with Crippen molar-refractivity contribution in [3.8, 4) is 0 Å². The summed E-state index contributed by atoms with van der Waals surface area (Å²) in [6, 6.07) is 8.23. The Labute approximate surface area is 121 Å². The molecule has 2 aromatic rings. The number of benzene rings is 1. The number of rotatable bonds is 2. The molecule has 20 heavy (non-hydrogen) atoms. The zero-order valence-corrected chi connectivity index (χ0v) is 12.0. The van der Waals surface area contributed by atoms with Crippen LogP contribution in [-0.4, -0.2) is 40.9 Å². The number of carbonyl (C=O) groups excluding carboxylic acids is 1. The second kappa shape index (κ2) is 4.82. The van der Waals surface area contributed by atoms with Crippen molar-refractivity contribution in [2.75, 3.05) is 19.6 Å². The summed E-state index contributed by atoms with van der Waals surface area (Å²) in [7, 11) is 0. The molecule has 0 radical (unpaired) electrons. The van der Waals surface area contributed by atoms with Crippen LogP contribution in [0.4, 0.5) is 0 Å². The van der Waals surface area contributed by atoms with Crippen molar-refractivity contribution in [2.24, 2.45) is 5.92 Å². The molecule has 1 atom stereocenters. The molecule has 3 saturated heterocycles. The lowest BCUT2D eigenvalue weighted by atomic mass is 9.84. The molecule has 2 bridgehead atoms. The largest absolute Gasteiger partial charge is 0.346 e. The predicted molar refractivity (Wildman–Crippen MR) is 80.0 cm³/mol. The van der Waals surface area contributed by atoms with Crippen molar-refractivity contribution in [3.05, 3.63) is 30.0 Å². The third-order valence-corrected chi connectivity index (χ3v) is 5.39. The summed E-state index contributed by atoms with van der Waals surface area (Å²) in [6.07, 6.45) is 2.42. The molecule has 3 aliphatic rings. The zero-order valence-electron chi connectivity index (χ0n) is 11.2. The number of nitrogens with zero attached hydrogens (tertiary/aromatic N) is 2. The van der Waals surface area contributed by atoms with E-state index in [1.54, 1.807) is 0 Å². The van der Waals surface area contributed by atoms with Gasteiger partial charge in [-0.2, -0.15) is 4.37 Å². The Morgan fingerprint density at radius 1 is 1.30 bits per heavy atom. The summed E-state index contributed by atoms with van der Waals surface area (Å²) >= 11 is 1.40. The topological polar surface area (TPSA) is 45.2 Å². The lowest BCUT2D eigenvalue weighted by molar-refractivity contribution is 0.0619. The molecular weight excluding hydrogens is 270 g/mol. The van der Waals surface area contributed by atoms with E-state index in [1.807, 2.05) is 24.3 Å². The maximum Gasteiger partial charge on any atom is 0.271 e. The number of piperidine rings is 3. The highest BCUT2D eigenvalue weighted by Gasteiger charge is 2.35. The molecule has 4 nitrogen and oxygen atoms in total. The molecule has 1 aromatic carbocycles. The van der Waals surface area contributed by atoms with Crippen LogP contribution >= 0.6 is 11.5 Å². The molecule has 1 aromatic heterocycles. The van der Waals surface area contributed by atoms with Gasteiger partial charge in [0.25, 0.3) is 5.91 Å². The summed E-state index contributed by atoms with van der Waals surface area (Å²) in [5, 5.41) is 4.18. The first-order valence-electron chi connectivity index (χ1n) is 7.19. The first kappa shape index (κ1) is 12.3. The molecule has 1 unspecified atom stereocenters. The molecule has 1 amide bonds. The Morgan fingerprint density at radius 2 is 2.10 bits per heavy atom. The van der Waals surface area contributed by atoms with Gasteiger partial charge in [0.2, 0.25) is 0 Å². The highest BCUT2D eigenvalue weighted by molar-refractivity contribution is 7.13. The first-order valence-corrected chi connectivity index (χ1v) is 7.96. The third kappa shape index (κ3) is 2.01. The second-order valence-electron chi connectivity index (χ2n) is 5.75. The van der Waals surface area contributed by atoms with Gasteiger partial charge in [0.15, 0.2) is 0 Å². The van der Waals surface area contributed by atoms with Crippen LogP contribution in [0, 0.1) is 5.92 Å². The lowest BCUT2D eigenvalue weighted by Gasteiger charge is -2.44. The maximum absolute atomic E-state index is 12.5. The van der Waals surface area contributed by atoms with Crippen LogP contribution < -0.4 is 5.32 Å². The van der Waals surface area contributed by atoms with E-state index in [2.05, 4.69) is 14.6 Å². The summed E-state index contributed by atoms with van der Waals surface area (Å²) in [4.78, 5) is 14.9. The van der Waals surface area contributed by atoms with E-state index in [0.717, 1.165) is 16.6 Å². The van der Waals surface area contributed by atoms with E-state index < -0.39 is 0 Å². The van der Waals surface area contributed by atoms with Crippen LogP contribution in [0.2, 0.25) is 0 Å². The summed E-state index contributed by atoms with van der Waals surface area (Å²) in [5.74, 6) is 0.634. The van der Waals surface area contributed by atoms with E-state index in [-0.39, 0.29) is 5.91 Å². The van der Waals surface area contributed by atoms with E-state index in [0.29, 0.717) is 17.7 Å². The maximum atomic E-state index is 12.5. The van der Waals surface area contributed by atoms with Gasteiger partial charge < -0.3 is 10.2 Å². The summed E-state index contributed by atoms with van der Waals surface area (Å²) in [5.41, 5.74) is 0.585. The lowest BCUT2D eigenvalue weighted by Crippen LogP contribution is -2.57. The fraction of sp³-hybridized carbons (Fsp3) is 0.467. The van der Waals surface area contributed by atoms with Gasteiger partial charge in [-0.25, -0.2) is 0 Å². The van der Waals surface area contributed by atoms with E-state index in [9.17, 15) is 4.79 Å². The van der Waals surface area contributed by atoms with Gasteiger partial charge in [0.1, 0.15) is 5.69 Å². The fourth-order valence-corrected chi connectivity index (χ4v) is 4.19. The van der Waals surface area contributed by atoms with Crippen molar-refractivity contribution in [3.63, 3.8) is 0 Å².